The Morgan fingerprint density at radius 3 is 2.83 bits per heavy atom. The zero-order chi connectivity index (χ0) is 20.1. The average molecular weight is 403 g/mol. The molecule has 1 atom stereocenters. The van der Waals surface area contributed by atoms with Gasteiger partial charge in [-0.1, -0.05) is 5.16 Å². The van der Waals surface area contributed by atoms with Crippen molar-refractivity contribution in [3.05, 3.63) is 41.8 Å². The van der Waals surface area contributed by atoms with Crippen LogP contribution in [0.2, 0.25) is 0 Å². The smallest absolute Gasteiger partial charge is 0.261 e. The molecule has 7 nitrogen and oxygen atoms in total. The lowest BCUT2D eigenvalue weighted by Crippen LogP contribution is -2.41. The van der Waals surface area contributed by atoms with E-state index < -0.39 is 0 Å². The van der Waals surface area contributed by atoms with Gasteiger partial charge in [-0.2, -0.15) is 4.98 Å². The van der Waals surface area contributed by atoms with E-state index in [2.05, 4.69) is 10.1 Å². The van der Waals surface area contributed by atoms with Gasteiger partial charge in [0.1, 0.15) is 17.6 Å². The molecule has 0 spiro atoms. The molecule has 1 aromatic heterocycles. The fraction of sp³-hybridized carbons (Fsp3) is 0.571. The Bertz CT molecular complexity index is 807. The highest BCUT2D eigenvalue weighted by Gasteiger charge is 2.32. The van der Waals surface area contributed by atoms with Crippen LogP contribution < -0.4 is 4.74 Å². The number of hydrogen-bond acceptors (Lipinski definition) is 6. The first-order chi connectivity index (χ1) is 14.2. The molecule has 29 heavy (non-hydrogen) atoms. The number of carbonyl (C=O) groups excluding carboxylic acids is 1. The standard InChI is InChI=1S/C21H26FN3O4/c22-16-6-8-17(9-7-16)28-14-20(26)25-11-2-1-3-18(25)21-23-19(24-29-21)10-12-27-13-15-4-5-15/h6-9,15,18H,1-5,10-14H2. The maximum Gasteiger partial charge on any atom is 0.261 e. The topological polar surface area (TPSA) is 77.7 Å². The van der Waals surface area contributed by atoms with Crippen LogP contribution in [-0.2, 0) is 16.0 Å². The molecule has 2 fully saturated rings. The van der Waals surface area contributed by atoms with Crippen LogP contribution in [0.1, 0.15) is 49.9 Å². The number of ether oxygens (including phenoxy) is 2. The molecule has 1 amide bonds. The van der Waals surface area contributed by atoms with Crippen LogP contribution in [-0.4, -0.2) is 47.3 Å². The number of benzene rings is 1. The largest absolute Gasteiger partial charge is 0.484 e. The maximum atomic E-state index is 13.0. The Balaban J connectivity index is 1.31. The number of hydrogen-bond donors (Lipinski definition) is 0. The van der Waals surface area contributed by atoms with E-state index in [4.69, 9.17) is 14.0 Å². The van der Waals surface area contributed by atoms with Crippen molar-refractivity contribution >= 4 is 5.91 Å². The third-order valence-corrected chi connectivity index (χ3v) is 5.29. The van der Waals surface area contributed by atoms with Gasteiger partial charge in [-0.3, -0.25) is 4.79 Å². The van der Waals surface area contributed by atoms with Crippen LogP contribution in [0, 0.1) is 11.7 Å². The first-order valence-electron chi connectivity index (χ1n) is 10.3. The molecule has 2 aromatic rings. The van der Waals surface area contributed by atoms with Crippen LogP contribution in [0.3, 0.4) is 0 Å². The van der Waals surface area contributed by atoms with Crippen LogP contribution in [0.25, 0.3) is 0 Å². The molecule has 1 aromatic carbocycles. The number of halogens is 1. The highest BCUT2D eigenvalue weighted by Crippen LogP contribution is 2.30. The van der Waals surface area contributed by atoms with E-state index in [0.29, 0.717) is 37.0 Å². The molecular formula is C21H26FN3O4. The number of amides is 1. The normalized spacial score (nSPS) is 19.3. The first-order valence-corrected chi connectivity index (χ1v) is 10.3. The Hall–Kier alpha value is -2.48. The molecule has 0 N–H and O–H groups in total. The molecule has 1 aliphatic carbocycles. The van der Waals surface area contributed by atoms with Crippen molar-refractivity contribution in [1.82, 2.24) is 15.0 Å². The summed E-state index contributed by atoms with van der Waals surface area (Å²) in [5, 5.41) is 4.05. The lowest BCUT2D eigenvalue weighted by molar-refractivity contribution is -0.138. The summed E-state index contributed by atoms with van der Waals surface area (Å²) in [4.78, 5) is 19.0. The Kier molecular flexibility index (Phi) is 6.39. The second kappa shape index (κ2) is 9.35. The van der Waals surface area contributed by atoms with Crippen LogP contribution >= 0.6 is 0 Å². The van der Waals surface area contributed by atoms with Crippen molar-refractivity contribution in [2.75, 3.05) is 26.4 Å². The molecular weight excluding hydrogens is 377 g/mol. The average Bonchev–Trinajstić information content (AvgIpc) is 3.46. The summed E-state index contributed by atoms with van der Waals surface area (Å²) in [6, 6.07) is 5.38. The van der Waals surface area contributed by atoms with Gasteiger partial charge in [0.2, 0.25) is 5.89 Å². The predicted octanol–water partition coefficient (Wildman–Crippen LogP) is 3.31. The molecule has 0 radical (unpaired) electrons. The van der Waals surface area contributed by atoms with E-state index in [9.17, 15) is 9.18 Å². The summed E-state index contributed by atoms with van der Waals surface area (Å²) in [5.41, 5.74) is 0. The van der Waals surface area contributed by atoms with Crippen molar-refractivity contribution < 1.29 is 23.2 Å². The minimum absolute atomic E-state index is 0.113. The van der Waals surface area contributed by atoms with Gasteiger partial charge in [-0.05, 0) is 62.3 Å². The van der Waals surface area contributed by atoms with Gasteiger partial charge in [0.05, 0.1) is 6.61 Å². The third kappa shape index (κ3) is 5.53. The summed E-state index contributed by atoms with van der Waals surface area (Å²) in [6.07, 6.45) is 5.84. The summed E-state index contributed by atoms with van der Waals surface area (Å²) >= 11 is 0. The van der Waals surface area contributed by atoms with Gasteiger partial charge in [0.25, 0.3) is 5.91 Å². The number of rotatable bonds is 9. The van der Waals surface area contributed by atoms with Crippen molar-refractivity contribution in [3.8, 4) is 5.75 Å². The zero-order valence-electron chi connectivity index (χ0n) is 16.4. The van der Waals surface area contributed by atoms with E-state index in [1.807, 2.05) is 0 Å². The van der Waals surface area contributed by atoms with Gasteiger partial charge in [-0.15, -0.1) is 0 Å². The number of nitrogens with zero attached hydrogens (tertiary/aromatic N) is 3. The van der Waals surface area contributed by atoms with Crippen LogP contribution in [0.4, 0.5) is 4.39 Å². The molecule has 4 rings (SSSR count). The second-order valence-corrected chi connectivity index (χ2v) is 7.66. The van der Waals surface area contributed by atoms with Crippen LogP contribution in [0.5, 0.6) is 5.75 Å². The van der Waals surface area contributed by atoms with Gasteiger partial charge in [0, 0.05) is 19.6 Å². The Morgan fingerprint density at radius 1 is 1.21 bits per heavy atom. The van der Waals surface area contributed by atoms with Gasteiger partial charge in [-0.25, -0.2) is 4.39 Å². The number of piperidine rings is 1. The first kappa shape index (κ1) is 19.8. The highest BCUT2D eigenvalue weighted by atomic mass is 19.1. The third-order valence-electron chi connectivity index (χ3n) is 5.29. The Labute approximate surface area is 169 Å². The summed E-state index contributed by atoms with van der Waals surface area (Å²) in [5.74, 6) is 1.78. The molecule has 2 aliphatic rings. The summed E-state index contributed by atoms with van der Waals surface area (Å²) < 4.78 is 29.6. The number of carbonyl (C=O) groups is 1. The highest BCUT2D eigenvalue weighted by molar-refractivity contribution is 5.78. The molecule has 1 aliphatic heterocycles. The number of likely N-dealkylation sites (tertiary alicyclic amines) is 1. The summed E-state index contributed by atoms with van der Waals surface area (Å²) in [6.45, 7) is 1.90. The molecule has 156 valence electrons. The van der Waals surface area contributed by atoms with Gasteiger partial charge >= 0.3 is 0 Å². The monoisotopic (exact) mass is 403 g/mol. The van der Waals surface area contributed by atoms with Gasteiger partial charge < -0.3 is 18.9 Å². The van der Waals surface area contributed by atoms with E-state index in [1.165, 1.54) is 37.1 Å². The summed E-state index contributed by atoms with van der Waals surface area (Å²) in [7, 11) is 0. The van der Waals surface area contributed by atoms with E-state index >= 15 is 0 Å². The fourth-order valence-electron chi connectivity index (χ4n) is 3.45. The van der Waals surface area contributed by atoms with E-state index in [-0.39, 0.29) is 24.4 Å². The second-order valence-electron chi connectivity index (χ2n) is 7.66. The van der Waals surface area contributed by atoms with Crippen molar-refractivity contribution in [3.63, 3.8) is 0 Å². The molecule has 8 heteroatoms. The maximum absolute atomic E-state index is 13.0. The minimum atomic E-state index is -0.343. The van der Waals surface area contributed by atoms with Crippen molar-refractivity contribution in [2.45, 2.75) is 44.6 Å². The SMILES string of the molecule is O=C(COc1ccc(F)cc1)N1CCCCC1c1nc(CCOCC2CC2)no1. The van der Waals surface area contributed by atoms with Crippen LogP contribution in [0.15, 0.2) is 28.8 Å². The van der Waals surface area contributed by atoms with Crippen molar-refractivity contribution in [1.29, 1.82) is 0 Å². The lowest BCUT2D eigenvalue weighted by atomic mass is 10.0. The Morgan fingerprint density at radius 2 is 2.03 bits per heavy atom. The predicted molar refractivity (Wildman–Crippen MR) is 102 cm³/mol. The van der Waals surface area contributed by atoms with Gasteiger partial charge in [0.15, 0.2) is 12.4 Å². The van der Waals surface area contributed by atoms with E-state index in [0.717, 1.165) is 31.8 Å². The molecule has 1 saturated carbocycles. The fourth-order valence-corrected chi connectivity index (χ4v) is 3.45. The molecule has 0 bridgehead atoms. The lowest BCUT2D eigenvalue weighted by Gasteiger charge is -2.33. The molecule has 1 unspecified atom stereocenters. The minimum Gasteiger partial charge on any atom is -0.484 e. The molecule has 2 heterocycles. The quantitative estimate of drug-likeness (QED) is 0.598. The van der Waals surface area contributed by atoms with Crippen molar-refractivity contribution in [2.24, 2.45) is 5.92 Å². The number of aromatic nitrogens is 2. The zero-order valence-corrected chi connectivity index (χ0v) is 16.4. The van der Waals surface area contributed by atoms with E-state index in [1.54, 1.807) is 4.90 Å². The molecule has 1 saturated heterocycles.